The van der Waals surface area contributed by atoms with Crippen LogP contribution < -0.4 is 0 Å². The molecule has 0 radical (unpaired) electrons. The van der Waals surface area contributed by atoms with Gasteiger partial charge in [-0.05, 0) is 6.92 Å². The topological polar surface area (TPSA) is 80.2 Å². The van der Waals surface area contributed by atoms with Crippen molar-refractivity contribution >= 4 is 0 Å². The van der Waals surface area contributed by atoms with Crippen molar-refractivity contribution in [3.63, 3.8) is 0 Å². The number of nitrogens with zero attached hydrogens (tertiary/aromatic N) is 5. The van der Waals surface area contributed by atoms with Gasteiger partial charge in [-0.2, -0.15) is 10.0 Å². The van der Waals surface area contributed by atoms with Crippen LogP contribution >= 0.6 is 0 Å². The molecule has 1 aliphatic rings. The average Bonchev–Trinajstić information content (AvgIpc) is 2.90. The van der Waals surface area contributed by atoms with Crippen molar-refractivity contribution in [2.24, 2.45) is 0 Å². The van der Waals surface area contributed by atoms with Crippen molar-refractivity contribution in [3.05, 3.63) is 17.7 Å². The monoisotopic (exact) mass is 221 g/mol. The van der Waals surface area contributed by atoms with Crippen LogP contribution in [0.5, 0.6) is 0 Å². The minimum Gasteiger partial charge on any atom is -0.331 e. The van der Waals surface area contributed by atoms with E-state index in [1.54, 1.807) is 0 Å². The van der Waals surface area contributed by atoms with E-state index < -0.39 is 0 Å². The molecule has 0 amide bonds. The lowest BCUT2D eigenvalue weighted by Crippen LogP contribution is -2.13. The third-order valence-corrected chi connectivity index (χ3v) is 2.69. The maximum atomic E-state index is 9.41. The molecule has 2 aromatic heterocycles. The third-order valence-electron chi connectivity index (χ3n) is 2.69. The lowest BCUT2D eigenvalue weighted by molar-refractivity contribution is -0.0985. The van der Waals surface area contributed by atoms with Crippen LogP contribution in [-0.2, 0) is 19.6 Å². The molecule has 2 aromatic rings. The van der Waals surface area contributed by atoms with Gasteiger partial charge in [-0.25, -0.2) is 4.98 Å². The predicted molar refractivity (Wildman–Crippen MR) is 52.2 cm³/mol. The summed E-state index contributed by atoms with van der Waals surface area (Å²) in [7, 11) is 0. The van der Waals surface area contributed by atoms with Crippen LogP contribution in [-0.4, -0.2) is 30.0 Å². The van der Waals surface area contributed by atoms with Crippen LogP contribution in [0.4, 0.5) is 0 Å². The molecule has 0 saturated heterocycles. The Bertz CT molecular complexity index is 504. The van der Waals surface area contributed by atoms with Crippen molar-refractivity contribution in [3.8, 4) is 11.7 Å². The minimum atomic E-state index is 0.417. The van der Waals surface area contributed by atoms with Gasteiger partial charge in [-0.1, -0.05) is 5.16 Å². The second-order valence-corrected chi connectivity index (χ2v) is 3.64. The number of rotatable bonds is 2. The standard InChI is InChI=1S/C9H11N5O2/c1-2-14-7-4-13(15)3-6(7)12-8(14)9-10-5-11-16-9/h5,15H,2-4H2,1H3. The lowest BCUT2D eigenvalue weighted by Gasteiger charge is -2.07. The van der Waals surface area contributed by atoms with E-state index in [0.29, 0.717) is 24.8 Å². The second kappa shape index (κ2) is 3.39. The normalized spacial score (nSPS) is 15.6. The number of hydrogen-bond donors (Lipinski definition) is 1. The molecule has 7 nitrogen and oxygen atoms in total. The van der Waals surface area contributed by atoms with E-state index >= 15 is 0 Å². The van der Waals surface area contributed by atoms with Crippen LogP contribution in [0.3, 0.4) is 0 Å². The first-order valence-corrected chi connectivity index (χ1v) is 5.08. The molecule has 7 heteroatoms. The summed E-state index contributed by atoms with van der Waals surface area (Å²) in [5.74, 6) is 1.10. The fraction of sp³-hybridized carbons (Fsp3) is 0.444. The van der Waals surface area contributed by atoms with Gasteiger partial charge in [0.2, 0.25) is 0 Å². The zero-order valence-corrected chi connectivity index (χ0v) is 8.79. The summed E-state index contributed by atoms with van der Waals surface area (Å²) in [4.78, 5) is 8.41. The Morgan fingerprint density at radius 2 is 2.38 bits per heavy atom. The van der Waals surface area contributed by atoms with E-state index in [9.17, 15) is 5.21 Å². The van der Waals surface area contributed by atoms with Gasteiger partial charge in [-0.3, -0.25) is 0 Å². The highest BCUT2D eigenvalue weighted by atomic mass is 16.5. The first kappa shape index (κ1) is 9.49. The highest BCUT2D eigenvalue weighted by Crippen LogP contribution is 2.26. The van der Waals surface area contributed by atoms with Gasteiger partial charge in [0.15, 0.2) is 12.2 Å². The van der Waals surface area contributed by atoms with Crippen LogP contribution in [0, 0.1) is 0 Å². The van der Waals surface area contributed by atoms with Crippen molar-refractivity contribution in [2.75, 3.05) is 0 Å². The summed E-state index contributed by atoms with van der Waals surface area (Å²) in [6, 6.07) is 0. The summed E-state index contributed by atoms with van der Waals surface area (Å²) in [5.41, 5.74) is 1.88. The highest BCUT2D eigenvalue weighted by Gasteiger charge is 2.27. The second-order valence-electron chi connectivity index (χ2n) is 3.64. The Labute approximate surface area is 91.3 Å². The molecule has 0 unspecified atom stereocenters. The Hall–Kier alpha value is -1.73. The predicted octanol–water partition coefficient (Wildman–Crippen LogP) is 0.658. The van der Waals surface area contributed by atoms with E-state index in [0.717, 1.165) is 17.9 Å². The fourth-order valence-corrected chi connectivity index (χ4v) is 2.02. The van der Waals surface area contributed by atoms with Gasteiger partial charge >= 0.3 is 0 Å². The van der Waals surface area contributed by atoms with Crippen LogP contribution in [0.1, 0.15) is 18.3 Å². The van der Waals surface area contributed by atoms with E-state index in [4.69, 9.17) is 4.52 Å². The maximum Gasteiger partial charge on any atom is 0.293 e. The zero-order valence-electron chi connectivity index (χ0n) is 8.79. The number of hydroxylamine groups is 2. The highest BCUT2D eigenvalue weighted by molar-refractivity contribution is 5.44. The summed E-state index contributed by atoms with van der Waals surface area (Å²) in [6.45, 7) is 3.71. The van der Waals surface area contributed by atoms with Gasteiger partial charge in [-0.15, -0.1) is 0 Å². The SMILES string of the molecule is CCn1c(-c2ncno2)nc2c1CN(O)C2. The number of aromatic nitrogens is 4. The Balaban J connectivity index is 2.12. The number of imidazole rings is 1. The Morgan fingerprint density at radius 1 is 1.50 bits per heavy atom. The average molecular weight is 221 g/mol. The lowest BCUT2D eigenvalue weighted by atomic mass is 10.4. The van der Waals surface area contributed by atoms with Crippen LogP contribution in [0.25, 0.3) is 11.7 Å². The largest absolute Gasteiger partial charge is 0.331 e. The molecular weight excluding hydrogens is 210 g/mol. The summed E-state index contributed by atoms with van der Waals surface area (Å²) in [6.07, 6.45) is 1.35. The molecule has 84 valence electrons. The maximum absolute atomic E-state index is 9.41. The molecule has 0 aliphatic carbocycles. The molecule has 0 atom stereocenters. The Morgan fingerprint density at radius 3 is 3.06 bits per heavy atom. The molecule has 3 heterocycles. The summed E-state index contributed by atoms with van der Waals surface area (Å²) in [5, 5.41) is 14.2. The molecule has 1 aliphatic heterocycles. The van der Waals surface area contributed by atoms with Gasteiger partial charge in [0.25, 0.3) is 5.89 Å². The first-order chi connectivity index (χ1) is 7.79. The molecule has 0 aromatic carbocycles. The molecule has 0 bridgehead atoms. The van der Waals surface area contributed by atoms with E-state index in [-0.39, 0.29) is 0 Å². The third kappa shape index (κ3) is 1.25. The van der Waals surface area contributed by atoms with E-state index in [1.165, 1.54) is 11.4 Å². The molecule has 1 N–H and O–H groups in total. The Kier molecular flexibility index (Phi) is 2.01. The van der Waals surface area contributed by atoms with Crippen LogP contribution in [0.2, 0.25) is 0 Å². The minimum absolute atomic E-state index is 0.417. The smallest absolute Gasteiger partial charge is 0.293 e. The molecule has 0 fully saturated rings. The summed E-state index contributed by atoms with van der Waals surface area (Å²) >= 11 is 0. The summed E-state index contributed by atoms with van der Waals surface area (Å²) < 4.78 is 6.99. The molecule has 0 saturated carbocycles. The van der Waals surface area contributed by atoms with E-state index in [1.807, 2.05) is 11.5 Å². The van der Waals surface area contributed by atoms with E-state index in [2.05, 4.69) is 15.1 Å². The van der Waals surface area contributed by atoms with Crippen LogP contribution in [0.15, 0.2) is 10.9 Å². The van der Waals surface area contributed by atoms with Crippen molar-refractivity contribution in [2.45, 2.75) is 26.6 Å². The van der Waals surface area contributed by atoms with Gasteiger partial charge in [0.1, 0.15) is 0 Å². The molecular formula is C9H11N5O2. The number of hydrogen-bond acceptors (Lipinski definition) is 6. The molecule has 3 rings (SSSR count). The van der Waals surface area contributed by atoms with Crippen molar-refractivity contribution in [1.82, 2.24) is 24.8 Å². The van der Waals surface area contributed by atoms with Crippen molar-refractivity contribution in [1.29, 1.82) is 0 Å². The first-order valence-electron chi connectivity index (χ1n) is 5.08. The molecule has 0 spiro atoms. The zero-order chi connectivity index (χ0) is 11.1. The van der Waals surface area contributed by atoms with Gasteiger partial charge in [0.05, 0.1) is 24.5 Å². The van der Waals surface area contributed by atoms with Crippen molar-refractivity contribution < 1.29 is 9.73 Å². The van der Waals surface area contributed by atoms with Gasteiger partial charge in [0, 0.05) is 6.54 Å². The van der Waals surface area contributed by atoms with Gasteiger partial charge < -0.3 is 14.3 Å². The molecule has 16 heavy (non-hydrogen) atoms. The fourth-order valence-electron chi connectivity index (χ4n) is 2.02. The quantitative estimate of drug-likeness (QED) is 0.802. The number of fused-ring (bicyclic) bond motifs is 1.